The van der Waals surface area contributed by atoms with Gasteiger partial charge in [-0.05, 0) is 138 Å². The normalized spacial score (nSPS) is 29.2. The largest absolute Gasteiger partial charge is 0.460 e. The highest BCUT2D eigenvalue weighted by Gasteiger charge is 2.53. The van der Waals surface area contributed by atoms with Crippen molar-refractivity contribution in [3.63, 3.8) is 0 Å². The van der Waals surface area contributed by atoms with Gasteiger partial charge in [0.25, 0.3) is 17.7 Å². The number of allylic oxidation sites excluding steroid dienone is 5. The molecule has 1 amide bonds. The molecule has 7 heterocycles. The molecule has 4 aromatic heterocycles. The van der Waals surface area contributed by atoms with Crippen molar-refractivity contribution in [3.05, 3.63) is 84.0 Å². The molecule has 31 heteroatoms. The van der Waals surface area contributed by atoms with Gasteiger partial charge in [0.2, 0.25) is 5.79 Å². The standard InChI is InChI=1S/C83H124N12O19/c1-52-20-14-12-15-21-53(2)68(103-8)47-63-27-24-58(7)83(102,114-63)77(99)80(100)94-31-19-17-23-65(94)81(101)112-70(55(4)44-59-25-28-66(97)71(45-59)105-10)48-69(104-9)54(3)43-57(6)75(98)76(106-11)73(56(5)42-52)91-111-50-61-49-93(92-89-61)33-35-108-37-39-110-41-40-109-38-36-107-34-30-62(96)22-16-13-18-32-95-79-72(78(84)86-51-87-79)74(90-95)60-26-29-67-64(46-60)88-82(85)113-67/h12,14-15,20-21,26,29,43,46,49,51-52,54-56,58-59,63,65-66,68-71,75-76,97-98,102H,13,16-19,22-25,27-28,30-42,44-45,47-48,50H2,1-11H3,(H2,85,88)(H2,84,86,87)/b15-12+,20-14+,53-21+,57-43+,91-73?/t52-,54-,55-,56-,58-,59+,63+,65+,66-,68+,69-,70+,71-,75-,76+,83-/m1/s1. The number of unbranched alkanes of at least 4 members (excludes halogenated alkanes) is 2. The molecule has 31 nitrogen and oxygen atoms in total. The predicted octanol–water partition coefficient (Wildman–Crippen LogP) is 9.62. The third-order valence-corrected chi connectivity index (χ3v) is 22.6. The molecule has 0 unspecified atom stereocenters. The van der Waals surface area contributed by atoms with Crippen molar-refractivity contribution in [2.75, 3.05) is 99.3 Å². The van der Waals surface area contributed by atoms with Gasteiger partial charge in [-0.25, -0.2) is 24.1 Å². The number of carbonyl (C=O) groups excluding carboxylic acids is 4. The maximum Gasteiger partial charge on any atom is 0.329 e. The summed E-state index contributed by atoms with van der Waals surface area (Å²) in [4.78, 5) is 76.8. The number of ketones is 2. The number of Topliss-reactive ketones (excluding diaryl/α,β-unsaturated/α-hetero) is 2. The third kappa shape index (κ3) is 25.4. The van der Waals surface area contributed by atoms with Crippen molar-refractivity contribution in [1.82, 2.24) is 44.6 Å². The van der Waals surface area contributed by atoms with E-state index in [9.17, 15) is 34.5 Å². The summed E-state index contributed by atoms with van der Waals surface area (Å²) in [6.45, 7) is 17.6. The molecule has 0 radical (unpaired) electrons. The molecular weight excluding hydrogens is 1470 g/mol. The number of aryl methyl sites for hydroxylation is 1. The molecule has 1 saturated carbocycles. The van der Waals surface area contributed by atoms with E-state index in [1.165, 1.54) is 18.3 Å². The van der Waals surface area contributed by atoms with Gasteiger partial charge in [0, 0.05) is 90.5 Å². The van der Waals surface area contributed by atoms with Crippen LogP contribution in [-0.4, -0.2) is 238 Å². The number of oxime groups is 1. The minimum Gasteiger partial charge on any atom is -0.460 e. The van der Waals surface area contributed by atoms with Crippen LogP contribution in [0.15, 0.2) is 87.9 Å². The number of fused-ring (bicyclic) bond motifs is 5. The number of amides is 1. The zero-order valence-electron chi connectivity index (χ0n) is 68.5. The Hall–Kier alpha value is -7.79. The van der Waals surface area contributed by atoms with Crippen LogP contribution in [0.5, 0.6) is 0 Å². The fourth-order valence-electron chi connectivity index (χ4n) is 15.9. The summed E-state index contributed by atoms with van der Waals surface area (Å²) in [5.74, 6) is -6.15. The number of hydrogen-bond acceptors (Lipinski definition) is 28. The molecule has 1 aliphatic carbocycles. The smallest absolute Gasteiger partial charge is 0.329 e. The van der Waals surface area contributed by atoms with Crippen LogP contribution in [0.4, 0.5) is 11.8 Å². The van der Waals surface area contributed by atoms with Crippen LogP contribution in [0, 0.1) is 35.5 Å². The van der Waals surface area contributed by atoms with Gasteiger partial charge in [-0.15, -0.1) is 5.10 Å². The Kier molecular flexibility index (Phi) is 35.6. The lowest BCUT2D eigenvalue weighted by molar-refractivity contribution is -0.265. The molecule has 16 atom stereocenters. The first-order valence-electron chi connectivity index (χ1n) is 40.6. The number of methoxy groups -OCH3 is 4. The second-order valence-corrected chi connectivity index (χ2v) is 31.2. The third-order valence-electron chi connectivity index (χ3n) is 22.6. The van der Waals surface area contributed by atoms with Crippen molar-refractivity contribution in [2.24, 2.45) is 40.7 Å². The van der Waals surface area contributed by atoms with Gasteiger partial charge < -0.3 is 88.3 Å². The van der Waals surface area contributed by atoms with Crippen molar-refractivity contribution < 1.29 is 91.1 Å². The molecule has 3 fully saturated rings. The number of nitrogens with two attached hydrogens (primary N) is 2. The van der Waals surface area contributed by atoms with Gasteiger partial charge in [-0.1, -0.05) is 87.9 Å². The fraction of sp³-hybridized carbons (Fsp3) is 0.675. The van der Waals surface area contributed by atoms with Crippen molar-refractivity contribution in [1.29, 1.82) is 0 Å². The Balaban J connectivity index is 0.744. The zero-order chi connectivity index (χ0) is 81.8. The molecule has 1 aromatic carbocycles. The number of aliphatic hydroxyl groups is 3. The number of anilines is 2. The Bertz CT molecular complexity index is 4030. The molecule has 0 spiro atoms. The van der Waals surface area contributed by atoms with Gasteiger partial charge in [-0.2, -0.15) is 10.1 Å². The average Bonchev–Trinajstić information content (AvgIpc) is 1.62. The monoisotopic (exact) mass is 1590 g/mol. The van der Waals surface area contributed by atoms with Crippen LogP contribution in [0.3, 0.4) is 0 Å². The Labute approximate surface area is 669 Å². The molecule has 5 aromatic rings. The lowest BCUT2D eigenvalue weighted by Crippen LogP contribution is -2.61. The molecule has 2 saturated heterocycles. The van der Waals surface area contributed by atoms with Crippen molar-refractivity contribution in [3.8, 4) is 11.3 Å². The number of nitrogen functional groups attached to an aromatic ring is 2. The summed E-state index contributed by atoms with van der Waals surface area (Å²) in [5.41, 5.74) is 17.8. The molecule has 630 valence electrons. The number of benzene rings is 1. The molecule has 3 aliphatic heterocycles. The van der Waals surface area contributed by atoms with Crippen LogP contribution < -0.4 is 11.5 Å². The summed E-state index contributed by atoms with van der Waals surface area (Å²) in [7, 11) is 6.32. The van der Waals surface area contributed by atoms with Crippen LogP contribution in [0.1, 0.15) is 163 Å². The van der Waals surface area contributed by atoms with Crippen LogP contribution in [-0.2, 0) is 91.1 Å². The maximum atomic E-state index is 14.9. The first-order valence-corrected chi connectivity index (χ1v) is 40.6. The second kappa shape index (κ2) is 45.1. The van der Waals surface area contributed by atoms with Gasteiger partial charge in [0.1, 0.15) is 59.2 Å². The van der Waals surface area contributed by atoms with Crippen LogP contribution in [0.25, 0.3) is 33.4 Å². The number of oxazole rings is 1. The quantitative estimate of drug-likeness (QED) is 0.00878. The number of esters is 1. The van der Waals surface area contributed by atoms with E-state index < -0.39 is 78.1 Å². The molecular formula is C83H124N12O19. The van der Waals surface area contributed by atoms with Crippen molar-refractivity contribution in [2.45, 2.75) is 238 Å². The number of nitrogens with zero attached hydrogens (tertiary/aromatic N) is 10. The average molecular weight is 1590 g/mol. The summed E-state index contributed by atoms with van der Waals surface area (Å²) in [6, 6.07) is 4.49. The Morgan fingerprint density at radius 3 is 2.26 bits per heavy atom. The van der Waals surface area contributed by atoms with E-state index in [2.05, 4.69) is 38.3 Å². The summed E-state index contributed by atoms with van der Waals surface area (Å²) in [5, 5.41) is 54.2. The Morgan fingerprint density at radius 1 is 0.781 bits per heavy atom. The van der Waals surface area contributed by atoms with E-state index >= 15 is 0 Å². The fourth-order valence-corrected chi connectivity index (χ4v) is 15.9. The lowest BCUT2D eigenvalue weighted by Gasteiger charge is -2.43. The highest BCUT2D eigenvalue weighted by Crippen LogP contribution is 2.39. The number of carbonyl (C=O) groups is 4. The zero-order valence-corrected chi connectivity index (χ0v) is 68.5. The number of aliphatic hydroxyl groups excluding tert-OH is 2. The van der Waals surface area contributed by atoms with Gasteiger partial charge in [-0.3, -0.25) is 14.4 Å². The first kappa shape index (κ1) is 90.1. The molecule has 4 aliphatic rings. The minimum absolute atomic E-state index is 0.0214. The molecule has 114 heavy (non-hydrogen) atoms. The molecule has 2 bridgehead atoms. The van der Waals surface area contributed by atoms with E-state index in [0.717, 1.165) is 36.8 Å². The SMILES string of the molecule is CO[C@H]1C[C@@H]2CC[C@@H](C)[C@@](O)(O2)C(=O)C(=O)N2CCCC[C@H]2C(=O)O[C@H]([C@H](C)C[C@@H]2CC[C@@H](O)[C@H](OC)C2)C[C@@H](OC)[C@H](C)/C=C(\C)[C@@H](O)[C@@H](OC)C(=NOCc2cn(CCOCCOCCOCCOCCC(=O)CCCCCn3nc(-c4ccc5oc(N)nc5c4)c4c(N)ncnc43)nn2)[C@H](C)C[C@H](C)/C=C/C=C/C=C/1C. The lowest BCUT2D eigenvalue weighted by atomic mass is 9.78. The van der Waals surface area contributed by atoms with Gasteiger partial charge in [0.05, 0.1) is 107 Å². The van der Waals surface area contributed by atoms with Gasteiger partial charge in [0.15, 0.2) is 17.8 Å². The molecule has 9 rings (SSSR count). The van der Waals surface area contributed by atoms with Crippen LogP contribution in [0.2, 0.25) is 0 Å². The minimum atomic E-state index is -2.44. The number of hydrogen-bond donors (Lipinski definition) is 5. The number of piperidine rings is 1. The van der Waals surface area contributed by atoms with E-state index in [1.807, 2.05) is 81.8 Å². The predicted molar refractivity (Wildman–Crippen MR) is 427 cm³/mol. The number of cyclic esters (lactones) is 1. The summed E-state index contributed by atoms with van der Waals surface area (Å²) < 4.78 is 68.7. The van der Waals surface area contributed by atoms with E-state index in [1.54, 1.807) is 45.2 Å². The highest BCUT2D eigenvalue weighted by atomic mass is 16.6. The van der Waals surface area contributed by atoms with Gasteiger partial charge >= 0.3 is 5.97 Å². The maximum absolute atomic E-state index is 14.9. The first-order chi connectivity index (χ1) is 54.9. The number of aromatic nitrogens is 8. The van der Waals surface area contributed by atoms with E-state index in [-0.39, 0.29) is 73.5 Å². The van der Waals surface area contributed by atoms with Crippen molar-refractivity contribution >= 4 is 63.1 Å². The Morgan fingerprint density at radius 2 is 1.53 bits per heavy atom. The van der Waals surface area contributed by atoms with E-state index in [4.69, 9.17) is 78.3 Å². The van der Waals surface area contributed by atoms with Crippen LogP contribution >= 0.6 is 0 Å². The second-order valence-electron chi connectivity index (χ2n) is 31.2. The number of ether oxygens (including phenoxy) is 10. The highest BCUT2D eigenvalue weighted by molar-refractivity contribution is 6.39. The summed E-state index contributed by atoms with van der Waals surface area (Å²) >= 11 is 0. The molecule has 7 N–H and O–H groups in total. The van der Waals surface area contributed by atoms with E-state index in [0.29, 0.717) is 187 Å². The topological polar surface area (TPSA) is 398 Å². The summed E-state index contributed by atoms with van der Waals surface area (Å²) in [6.07, 6.45) is 18.7. The number of rotatable bonds is 32.